The average Bonchev–Trinajstić information content (AvgIpc) is 3.30. The summed E-state index contributed by atoms with van der Waals surface area (Å²) in [5, 5.41) is 8.18. The van der Waals surface area contributed by atoms with Gasteiger partial charge in [-0.15, -0.1) is 11.3 Å². The number of H-pyrrole nitrogens is 1. The number of carbonyl (C=O) groups is 1. The van der Waals surface area contributed by atoms with Gasteiger partial charge < -0.3 is 10.3 Å². The van der Waals surface area contributed by atoms with Crippen molar-refractivity contribution in [1.29, 1.82) is 0 Å². The lowest BCUT2D eigenvalue weighted by Crippen LogP contribution is -2.15. The van der Waals surface area contributed by atoms with Crippen molar-refractivity contribution in [3.8, 4) is 0 Å². The van der Waals surface area contributed by atoms with Crippen LogP contribution in [0.3, 0.4) is 0 Å². The second kappa shape index (κ2) is 6.98. The summed E-state index contributed by atoms with van der Waals surface area (Å²) in [5.74, 6) is -1.14. The summed E-state index contributed by atoms with van der Waals surface area (Å²) in [6.07, 6.45) is 2.95. The van der Waals surface area contributed by atoms with Crippen LogP contribution in [0.5, 0.6) is 0 Å². The van der Waals surface area contributed by atoms with E-state index in [4.69, 9.17) is 11.6 Å². The zero-order chi connectivity index (χ0) is 19.0. The molecule has 2 heterocycles. The van der Waals surface area contributed by atoms with E-state index in [1.165, 1.54) is 17.7 Å². The number of carbonyl (C=O) groups excluding carboxylic acids is 1. The molecular weight excluding hydrogens is 389 g/mol. The number of rotatable bonds is 4. The van der Waals surface area contributed by atoms with Gasteiger partial charge >= 0.3 is 0 Å². The second-order valence-corrected chi connectivity index (χ2v) is 7.11. The Labute approximate surface area is 162 Å². The first kappa shape index (κ1) is 17.4. The highest BCUT2D eigenvalue weighted by molar-refractivity contribution is 7.13. The lowest BCUT2D eigenvalue weighted by molar-refractivity contribution is 0.102. The van der Waals surface area contributed by atoms with E-state index in [0.717, 1.165) is 5.56 Å². The summed E-state index contributed by atoms with van der Waals surface area (Å²) in [4.78, 5) is 23.6. The van der Waals surface area contributed by atoms with Crippen molar-refractivity contribution in [2.45, 2.75) is 6.92 Å². The third-order valence-corrected chi connectivity index (χ3v) is 4.94. The minimum atomic E-state index is -0.644. The molecule has 0 aliphatic carbocycles. The lowest BCUT2D eigenvalue weighted by Gasteiger charge is -2.14. The number of fused-ring (bicyclic) bond motifs is 1. The first-order valence-electron chi connectivity index (χ1n) is 7.92. The van der Waals surface area contributed by atoms with Crippen LogP contribution in [0.2, 0.25) is 5.02 Å². The molecule has 0 fully saturated rings. The van der Waals surface area contributed by atoms with Crippen molar-refractivity contribution in [1.82, 2.24) is 15.0 Å². The van der Waals surface area contributed by atoms with E-state index < -0.39 is 11.7 Å². The van der Waals surface area contributed by atoms with Crippen LogP contribution in [-0.4, -0.2) is 20.9 Å². The van der Waals surface area contributed by atoms with E-state index >= 15 is 4.39 Å². The molecule has 2 aromatic heterocycles. The fourth-order valence-corrected chi connectivity index (χ4v) is 3.46. The van der Waals surface area contributed by atoms with Crippen molar-refractivity contribution < 1.29 is 9.18 Å². The number of anilines is 3. The minimum Gasteiger partial charge on any atom is -0.351 e. The van der Waals surface area contributed by atoms with Crippen LogP contribution in [-0.2, 0) is 0 Å². The predicted octanol–water partition coefficient (Wildman–Crippen LogP) is 5.12. The van der Waals surface area contributed by atoms with Crippen molar-refractivity contribution in [3.05, 3.63) is 64.1 Å². The Morgan fingerprint density at radius 3 is 2.89 bits per heavy atom. The molecule has 0 aliphatic rings. The van der Waals surface area contributed by atoms with Gasteiger partial charge in [-0.2, -0.15) is 0 Å². The van der Waals surface area contributed by atoms with Gasteiger partial charge in [0.15, 0.2) is 10.9 Å². The van der Waals surface area contributed by atoms with E-state index in [1.807, 2.05) is 13.0 Å². The average molecular weight is 402 g/mol. The Morgan fingerprint density at radius 1 is 1.30 bits per heavy atom. The van der Waals surface area contributed by atoms with Crippen LogP contribution < -0.4 is 10.6 Å². The highest BCUT2D eigenvalue weighted by Crippen LogP contribution is 2.33. The van der Waals surface area contributed by atoms with Gasteiger partial charge in [0, 0.05) is 11.6 Å². The van der Waals surface area contributed by atoms with Crippen LogP contribution in [0.1, 0.15) is 15.9 Å². The zero-order valence-corrected chi connectivity index (χ0v) is 15.6. The number of amides is 1. The number of benzene rings is 2. The second-order valence-electron chi connectivity index (χ2n) is 5.81. The molecule has 0 atom stereocenters. The van der Waals surface area contributed by atoms with Gasteiger partial charge in [0.05, 0.1) is 33.8 Å². The van der Waals surface area contributed by atoms with Gasteiger partial charge in [0.1, 0.15) is 5.52 Å². The Morgan fingerprint density at radius 2 is 2.15 bits per heavy atom. The van der Waals surface area contributed by atoms with E-state index in [0.29, 0.717) is 21.4 Å². The molecule has 0 radical (unpaired) electrons. The molecule has 0 saturated heterocycles. The van der Waals surface area contributed by atoms with Gasteiger partial charge in [-0.25, -0.2) is 14.4 Å². The number of aryl methyl sites for hydroxylation is 1. The van der Waals surface area contributed by atoms with Crippen molar-refractivity contribution in [3.63, 3.8) is 0 Å². The maximum atomic E-state index is 15.1. The number of nitrogens with one attached hydrogen (secondary N) is 3. The summed E-state index contributed by atoms with van der Waals surface area (Å²) < 4.78 is 15.1. The maximum Gasteiger partial charge on any atom is 0.259 e. The molecule has 3 N–H and O–H groups in total. The maximum absolute atomic E-state index is 15.1. The number of halogens is 2. The van der Waals surface area contributed by atoms with Crippen molar-refractivity contribution in [2.75, 3.05) is 10.6 Å². The third-order valence-electron chi connectivity index (χ3n) is 3.94. The van der Waals surface area contributed by atoms with Crippen LogP contribution in [0.25, 0.3) is 11.0 Å². The van der Waals surface area contributed by atoms with Crippen molar-refractivity contribution in [2.24, 2.45) is 0 Å². The summed E-state index contributed by atoms with van der Waals surface area (Å²) in [6, 6.07) is 6.87. The van der Waals surface area contributed by atoms with E-state index in [2.05, 4.69) is 25.6 Å². The molecule has 136 valence electrons. The Kier molecular flexibility index (Phi) is 4.51. The zero-order valence-electron chi connectivity index (χ0n) is 14.0. The van der Waals surface area contributed by atoms with Gasteiger partial charge in [0.25, 0.3) is 5.91 Å². The minimum absolute atomic E-state index is 0.00518. The third kappa shape index (κ3) is 3.36. The van der Waals surface area contributed by atoms with E-state index in [1.54, 1.807) is 29.8 Å². The number of aromatic nitrogens is 3. The number of hydrogen-bond donors (Lipinski definition) is 3. The lowest BCUT2D eigenvalue weighted by atomic mass is 10.1. The van der Waals surface area contributed by atoms with Crippen LogP contribution in [0.15, 0.2) is 42.2 Å². The molecule has 9 heteroatoms. The number of aromatic amines is 1. The van der Waals surface area contributed by atoms with Crippen LogP contribution >= 0.6 is 22.9 Å². The van der Waals surface area contributed by atoms with Crippen LogP contribution in [0.4, 0.5) is 20.9 Å². The Bertz CT molecular complexity index is 1140. The SMILES string of the molecule is Cc1ccc(Nc2c(C(=O)Nc3nccs3)cc3[nH]cnc3c2F)c(Cl)c1. The van der Waals surface area contributed by atoms with E-state index in [-0.39, 0.29) is 16.8 Å². The molecule has 4 aromatic rings. The molecular formula is C18H13ClFN5OS. The first-order chi connectivity index (χ1) is 13.0. The molecule has 0 aliphatic heterocycles. The Hall–Kier alpha value is -2.97. The van der Waals surface area contributed by atoms with Crippen LogP contribution in [0, 0.1) is 12.7 Å². The van der Waals surface area contributed by atoms with Gasteiger partial charge in [-0.3, -0.25) is 10.1 Å². The summed E-state index contributed by atoms with van der Waals surface area (Å²) in [6.45, 7) is 1.90. The molecule has 0 spiro atoms. The molecule has 1 amide bonds. The first-order valence-corrected chi connectivity index (χ1v) is 9.18. The van der Waals surface area contributed by atoms with E-state index in [9.17, 15) is 4.79 Å². The molecule has 27 heavy (non-hydrogen) atoms. The van der Waals surface area contributed by atoms with Crippen molar-refractivity contribution >= 4 is 56.4 Å². The summed E-state index contributed by atoms with van der Waals surface area (Å²) >= 11 is 7.53. The topological polar surface area (TPSA) is 82.7 Å². The molecule has 6 nitrogen and oxygen atoms in total. The number of thiazole rings is 1. The highest BCUT2D eigenvalue weighted by atomic mass is 35.5. The highest BCUT2D eigenvalue weighted by Gasteiger charge is 2.21. The molecule has 0 saturated carbocycles. The smallest absolute Gasteiger partial charge is 0.259 e. The fourth-order valence-electron chi connectivity index (χ4n) is 2.65. The van der Waals surface area contributed by atoms with Gasteiger partial charge in [0.2, 0.25) is 0 Å². The fraction of sp³-hybridized carbons (Fsp3) is 0.0556. The summed E-state index contributed by atoms with van der Waals surface area (Å²) in [5.41, 5.74) is 2.10. The van der Waals surface area contributed by atoms with Gasteiger partial charge in [-0.05, 0) is 30.7 Å². The predicted molar refractivity (Wildman–Crippen MR) is 106 cm³/mol. The molecule has 4 rings (SSSR count). The molecule has 2 aromatic carbocycles. The molecule has 0 unspecified atom stereocenters. The summed E-state index contributed by atoms with van der Waals surface area (Å²) in [7, 11) is 0. The Balaban J connectivity index is 1.81. The number of imidazole rings is 1. The normalized spacial score (nSPS) is 10.9. The quantitative estimate of drug-likeness (QED) is 0.443. The number of nitrogens with zero attached hydrogens (tertiary/aromatic N) is 2. The largest absolute Gasteiger partial charge is 0.351 e. The molecule has 0 bridgehead atoms. The standard InChI is InChI=1S/C18H13ClFN5OS/c1-9-2-3-12(11(19)6-9)24-15-10(17(26)25-18-21-4-5-27-18)7-13-16(14(15)20)23-8-22-13/h2-8,24H,1H3,(H,22,23)(H,21,25,26). The number of hydrogen-bond acceptors (Lipinski definition) is 5. The monoisotopic (exact) mass is 401 g/mol. The van der Waals surface area contributed by atoms with Gasteiger partial charge in [-0.1, -0.05) is 17.7 Å².